The van der Waals surface area contributed by atoms with Crippen LogP contribution in [0.5, 0.6) is 0 Å². The third kappa shape index (κ3) is 3.66. The second-order valence-corrected chi connectivity index (χ2v) is 4.03. The molecule has 0 aromatic heterocycles. The van der Waals surface area contributed by atoms with Gasteiger partial charge in [0.15, 0.2) is 0 Å². The van der Waals surface area contributed by atoms with Crippen molar-refractivity contribution < 1.29 is 4.79 Å². The first-order valence-electron chi connectivity index (χ1n) is 5.74. The van der Waals surface area contributed by atoms with Gasteiger partial charge in [0.1, 0.15) is 0 Å². The highest BCUT2D eigenvalue weighted by Gasteiger charge is 2.07. The summed E-state index contributed by atoms with van der Waals surface area (Å²) in [6, 6.07) is 7.76. The second kappa shape index (κ2) is 6.28. The Labute approximate surface area is 97.0 Å². The molecule has 1 unspecified atom stereocenters. The first-order valence-corrected chi connectivity index (χ1v) is 5.74. The van der Waals surface area contributed by atoms with Gasteiger partial charge in [0.05, 0.1) is 0 Å². The van der Waals surface area contributed by atoms with Crippen molar-refractivity contribution in [3.05, 3.63) is 35.4 Å². The van der Waals surface area contributed by atoms with Crippen molar-refractivity contribution in [2.75, 3.05) is 6.54 Å². The Morgan fingerprint density at radius 2 is 2.12 bits per heavy atom. The molecule has 1 aromatic rings. The smallest absolute Gasteiger partial charge is 0.251 e. The quantitative estimate of drug-likeness (QED) is 0.795. The summed E-state index contributed by atoms with van der Waals surface area (Å²) in [5.41, 5.74) is 7.52. The molecule has 88 valence electrons. The van der Waals surface area contributed by atoms with Crippen molar-refractivity contribution in [1.82, 2.24) is 5.32 Å². The van der Waals surface area contributed by atoms with Gasteiger partial charge in [-0.05, 0) is 31.4 Å². The molecule has 0 fully saturated rings. The van der Waals surface area contributed by atoms with Gasteiger partial charge in [-0.1, -0.05) is 25.1 Å². The lowest BCUT2D eigenvalue weighted by molar-refractivity contribution is 0.0952. The van der Waals surface area contributed by atoms with Gasteiger partial charge in [-0.15, -0.1) is 0 Å². The van der Waals surface area contributed by atoms with Gasteiger partial charge in [0.2, 0.25) is 0 Å². The van der Waals surface area contributed by atoms with Crippen molar-refractivity contribution >= 4 is 5.91 Å². The third-order valence-corrected chi connectivity index (χ3v) is 2.71. The Balaban J connectivity index is 2.44. The predicted molar refractivity (Wildman–Crippen MR) is 66.4 cm³/mol. The number of benzene rings is 1. The highest BCUT2D eigenvalue weighted by atomic mass is 16.1. The van der Waals surface area contributed by atoms with E-state index >= 15 is 0 Å². The van der Waals surface area contributed by atoms with Gasteiger partial charge < -0.3 is 11.1 Å². The predicted octanol–water partition coefficient (Wildman–Crippen LogP) is 1.85. The molecule has 0 spiro atoms. The molecule has 0 radical (unpaired) electrons. The summed E-state index contributed by atoms with van der Waals surface area (Å²) < 4.78 is 0. The molecule has 3 heteroatoms. The van der Waals surface area contributed by atoms with Crippen LogP contribution in [0.1, 0.15) is 35.7 Å². The Morgan fingerprint density at radius 3 is 2.75 bits per heavy atom. The molecular formula is C13H20N2O. The Bertz CT molecular complexity index is 350. The standard InChI is InChI=1S/C13H20N2O/c1-3-11(14)8-9-15-13(16)12-7-5-4-6-10(12)2/h4-7,11H,3,8-9,14H2,1-2H3,(H,15,16). The molecule has 1 amide bonds. The summed E-state index contributed by atoms with van der Waals surface area (Å²) in [5.74, 6) is -0.0126. The average Bonchev–Trinajstić information content (AvgIpc) is 2.29. The number of nitrogens with one attached hydrogen (secondary N) is 1. The lowest BCUT2D eigenvalue weighted by Gasteiger charge is -2.10. The molecule has 3 N–H and O–H groups in total. The number of nitrogens with two attached hydrogens (primary N) is 1. The SMILES string of the molecule is CCC(N)CCNC(=O)c1ccccc1C. The van der Waals surface area contributed by atoms with Crippen LogP contribution in [0, 0.1) is 6.92 Å². The molecule has 3 nitrogen and oxygen atoms in total. The number of aryl methyl sites for hydroxylation is 1. The topological polar surface area (TPSA) is 55.1 Å². The Kier molecular flexibility index (Phi) is 4.99. The van der Waals surface area contributed by atoms with E-state index in [2.05, 4.69) is 5.32 Å². The van der Waals surface area contributed by atoms with Gasteiger partial charge in [-0.2, -0.15) is 0 Å². The van der Waals surface area contributed by atoms with Gasteiger partial charge in [-0.25, -0.2) is 0 Å². The molecule has 0 heterocycles. The summed E-state index contributed by atoms with van der Waals surface area (Å²) in [7, 11) is 0. The maximum Gasteiger partial charge on any atom is 0.251 e. The fraction of sp³-hybridized carbons (Fsp3) is 0.462. The number of hydrogen-bond donors (Lipinski definition) is 2. The minimum Gasteiger partial charge on any atom is -0.352 e. The van der Waals surface area contributed by atoms with Crippen LogP contribution in [0.2, 0.25) is 0 Å². The first-order chi connectivity index (χ1) is 7.65. The molecule has 0 aliphatic rings. The summed E-state index contributed by atoms with van der Waals surface area (Å²) in [4.78, 5) is 11.8. The lowest BCUT2D eigenvalue weighted by Crippen LogP contribution is -2.30. The van der Waals surface area contributed by atoms with Crippen LogP contribution >= 0.6 is 0 Å². The number of amides is 1. The molecule has 1 atom stereocenters. The van der Waals surface area contributed by atoms with Crippen LogP contribution in [-0.4, -0.2) is 18.5 Å². The van der Waals surface area contributed by atoms with Crippen molar-refractivity contribution in [1.29, 1.82) is 0 Å². The van der Waals surface area contributed by atoms with Crippen LogP contribution in [0.15, 0.2) is 24.3 Å². The van der Waals surface area contributed by atoms with E-state index in [9.17, 15) is 4.79 Å². The molecule has 0 aliphatic carbocycles. The van der Waals surface area contributed by atoms with Crippen molar-refractivity contribution in [3.8, 4) is 0 Å². The van der Waals surface area contributed by atoms with E-state index in [-0.39, 0.29) is 11.9 Å². The summed E-state index contributed by atoms with van der Waals surface area (Å²) in [6.45, 7) is 4.63. The third-order valence-electron chi connectivity index (χ3n) is 2.71. The van der Waals surface area contributed by atoms with E-state index in [0.29, 0.717) is 6.54 Å². The fourth-order valence-electron chi connectivity index (χ4n) is 1.50. The zero-order valence-corrected chi connectivity index (χ0v) is 9.99. The molecular weight excluding hydrogens is 200 g/mol. The zero-order valence-electron chi connectivity index (χ0n) is 9.99. The van der Waals surface area contributed by atoms with E-state index in [4.69, 9.17) is 5.73 Å². The van der Waals surface area contributed by atoms with Gasteiger partial charge in [0.25, 0.3) is 5.91 Å². The molecule has 1 aromatic carbocycles. The van der Waals surface area contributed by atoms with Crippen molar-refractivity contribution in [2.24, 2.45) is 5.73 Å². The Morgan fingerprint density at radius 1 is 1.44 bits per heavy atom. The van der Waals surface area contributed by atoms with E-state index in [0.717, 1.165) is 24.0 Å². The van der Waals surface area contributed by atoms with E-state index < -0.39 is 0 Å². The molecule has 16 heavy (non-hydrogen) atoms. The largest absolute Gasteiger partial charge is 0.352 e. The molecule has 0 aliphatic heterocycles. The zero-order chi connectivity index (χ0) is 12.0. The van der Waals surface area contributed by atoms with Crippen LogP contribution in [0.3, 0.4) is 0 Å². The molecule has 0 bridgehead atoms. The van der Waals surface area contributed by atoms with Crippen LogP contribution in [0.25, 0.3) is 0 Å². The summed E-state index contributed by atoms with van der Waals surface area (Å²) in [6.07, 6.45) is 1.77. The average molecular weight is 220 g/mol. The van der Waals surface area contributed by atoms with Crippen molar-refractivity contribution in [2.45, 2.75) is 32.7 Å². The Hall–Kier alpha value is -1.35. The maximum absolute atomic E-state index is 11.8. The maximum atomic E-state index is 11.8. The van der Waals surface area contributed by atoms with Crippen LogP contribution in [-0.2, 0) is 0 Å². The highest BCUT2D eigenvalue weighted by Crippen LogP contribution is 2.06. The molecule has 0 saturated heterocycles. The second-order valence-electron chi connectivity index (χ2n) is 4.03. The first kappa shape index (κ1) is 12.7. The van der Waals surface area contributed by atoms with E-state index in [1.54, 1.807) is 0 Å². The lowest BCUT2D eigenvalue weighted by atomic mass is 10.1. The van der Waals surface area contributed by atoms with Gasteiger partial charge in [-0.3, -0.25) is 4.79 Å². The van der Waals surface area contributed by atoms with Gasteiger partial charge in [0, 0.05) is 18.2 Å². The van der Waals surface area contributed by atoms with Crippen LogP contribution in [0.4, 0.5) is 0 Å². The molecule has 1 rings (SSSR count). The number of hydrogen-bond acceptors (Lipinski definition) is 2. The van der Waals surface area contributed by atoms with E-state index in [1.807, 2.05) is 38.1 Å². The minimum absolute atomic E-state index is 0.0126. The monoisotopic (exact) mass is 220 g/mol. The van der Waals surface area contributed by atoms with Crippen molar-refractivity contribution in [3.63, 3.8) is 0 Å². The highest BCUT2D eigenvalue weighted by molar-refractivity contribution is 5.95. The number of carbonyl (C=O) groups excluding carboxylic acids is 1. The van der Waals surface area contributed by atoms with E-state index in [1.165, 1.54) is 0 Å². The molecule has 0 saturated carbocycles. The van der Waals surface area contributed by atoms with Gasteiger partial charge >= 0.3 is 0 Å². The number of rotatable bonds is 5. The fourth-order valence-corrected chi connectivity index (χ4v) is 1.50. The number of carbonyl (C=O) groups is 1. The summed E-state index contributed by atoms with van der Waals surface area (Å²) in [5, 5.41) is 2.89. The summed E-state index contributed by atoms with van der Waals surface area (Å²) >= 11 is 0. The normalized spacial score (nSPS) is 12.2. The van der Waals surface area contributed by atoms with Crippen LogP contribution < -0.4 is 11.1 Å². The minimum atomic E-state index is -0.0126.